The first-order valence-electron chi connectivity index (χ1n) is 9.86. The Kier molecular flexibility index (Phi) is 9.54. The summed E-state index contributed by atoms with van der Waals surface area (Å²) >= 11 is 9.53. The van der Waals surface area contributed by atoms with Gasteiger partial charge < -0.3 is 4.90 Å². The Morgan fingerprint density at radius 1 is 1.21 bits per heavy atom. The highest BCUT2D eigenvalue weighted by Crippen LogP contribution is 2.41. The lowest BCUT2D eigenvalue weighted by atomic mass is 10.00. The van der Waals surface area contributed by atoms with Gasteiger partial charge in [-0.15, -0.1) is 8.78 Å². The maximum Gasteiger partial charge on any atom is 0.483 e. The number of rotatable bonds is 7. The monoisotopic (exact) mass is 565 g/mol. The molecule has 2 aromatic rings. The lowest BCUT2D eigenvalue weighted by molar-refractivity contribution is 0.0992. The van der Waals surface area contributed by atoms with Crippen molar-refractivity contribution >= 4 is 55.4 Å². The second-order valence-electron chi connectivity index (χ2n) is 7.77. The van der Waals surface area contributed by atoms with E-state index in [-0.39, 0.29) is 30.9 Å². The van der Waals surface area contributed by atoms with Crippen LogP contribution in [0.3, 0.4) is 0 Å². The van der Waals surface area contributed by atoms with Gasteiger partial charge >= 0.3 is 6.29 Å². The average Bonchev–Trinajstić information content (AvgIpc) is 3.06. The second kappa shape index (κ2) is 11.5. The van der Waals surface area contributed by atoms with Crippen LogP contribution in [0.1, 0.15) is 35.3 Å². The Morgan fingerprint density at radius 2 is 1.79 bits per heavy atom. The molecule has 2 aromatic carbocycles. The molecule has 0 saturated carbocycles. The molecule has 0 fully saturated rings. The molecule has 180 valence electrons. The topological polar surface area (TPSA) is 80.8 Å². The van der Waals surface area contributed by atoms with E-state index in [1.54, 1.807) is 12.1 Å². The Balaban J connectivity index is 0.000000890. The van der Waals surface area contributed by atoms with E-state index in [1.165, 1.54) is 0 Å². The van der Waals surface area contributed by atoms with Crippen LogP contribution in [0, 0.1) is 0 Å². The van der Waals surface area contributed by atoms with Crippen LogP contribution in [0.5, 0.6) is 0 Å². The van der Waals surface area contributed by atoms with E-state index >= 15 is 0 Å². The molecule has 0 spiro atoms. The van der Waals surface area contributed by atoms with E-state index in [4.69, 9.17) is 20.6 Å². The molecular formula is C22H23BrClF2NO5S. The number of nitrogens with zero attached hydrogens (tertiary/aromatic N) is 1. The van der Waals surface area contributed by atoms with Crippen LogP contribution >= 0.6 is 27.5 Å². The number of hydrogen-bond donors (Lipinski definition) is 0. The van der Waals surface area contributed by atoms with Gasteiger partial charge in [0, 0.05) is 27.5 Å². The van der Waals surface area contributed by atoms with Gasteiger partial charge in [-0.25, -0.2) is 4.79 Å². The SMILES string of the molecule is CC(C)N1c2c(Br)cc(C(=O)Cc3ccc(Cl)cc3)cc2CC1COS(C)(=O)=O.O=C(F)F. The third-order valence-corrected chi connectivity index (χ3v) is 6.30. The number of halogens is 4. The standard InChI is InChI=1S/C21H23BrClNO4S.CF2O/c1-13(2)24-18(12-28-29(3,26)27)10-16-9-15(11-19(22)21(16)24)20(25)8-14-4-6-17(23)7-5-14;2-1(3)4/h4-7,9,11,13,18H,8,10,12H2,1-3H3;. The van der Waals surface area contributed by atoms with E-state index in [0.717, 1.165) is 27.5 Å². The van der Waals surface area contributed by atoms with Crippen molar-refractivity contribution in [2.75, 3.05) is 17.8 Å². The minimum atomic E-state index is -3.52. The molecule has 0 radical (unpaired) electrons. The number of hydrogen-bond acceptors (Lipinski definition) is 6. The van der Waals surface area contributed by atoms with E-state index in [0.29, 0.717) is 17.0 Å². The summed E-state index contributed by atoms with van der Waals surface area (Å²) in [6, 6.07) is 11.0. The average molecular weight is 567 g/mol. The van der Waals surface area contributed by atoms with Gasteiger partial charge in [0.2, 0.25) is 0 Å². The molecule has 0 amide bonds. The van der Waals surface area contributed by atoms with Crippen LogP contribution in [0.15, 0.2) is 40.9 Å². The summed E-state index contributed by atoms with van der Waals surface area (Å²) in [4.78, 5) is 23.1. The summed E-state index contributed by atoms with van der Waals surface area (Å²) in [5.41, 5.74) is 3.53. The van der Waals surface area contributed by atoms with E-state index in [9.17, 15) is 22.0 Å². The van der Waals surface area contributed by atoms with Crippen LogP contribution in [0.25, 0.3) is 0 Å². The minimum absolute atomic E-state index is 0.0164. The molecule has 1 aliphatic rings. The van der Waals surface area contributed by atoms with Gasteiger partial charge in [0.05, 0.1) is 24.6 Å². The maximum absolute atomic E-state index is 12.8. The predicted octanol–water partition coefficient (Wildman–Crippen LogP) is 5.69. The molecule has 0 N–H and O–H groups in total. The molecule has 1 unspecified atom stereocenters. The Morgan fingerprint density at radius 3 is 2.30 bits per heavy atom. The van der Waals surface area contributed by atoms with Gasteiger partial charge in [0.15, 0.2) is 5.78 Å². The molecule has 1 heterocycles. The number of anilines is 1. The highest BCUT2D eigenvalue weighted by atomic mass is 79.9. The summed E-state index contributed by atoms with van der Waals surface area (Å²) in [5, 5.41) is 0.637. The largest absolute Gasteiger partial charge is 0.483 e. The van der Waals surface area contributed by atoms with E-state index in [2.05, 4.69) is 34.7 Å². The first-order valence-corrected chi connectivity index (χ1v) is 12.8. The van der Waals surface area contributed by atoms with Gasteiger partial charge in [0.1, 0.15) is 0 Å². The summed E-state index contributed by atoms with van der Waals surface area (Å²) in [5.74, 6) is 0.0164. The van der Waals surface area contributed by atoms with Gasteiger partial charge in [0.25, 0.3) is 10.1 Å². The molecular weight excluding hydrogens is 544 g/mol. The zero-order valence-corrected chi connectivity index (χ0v) is 21.3. The summed E-state index contributed by atoms with van der Waals surface area (Å²) in [7, 11) is -3.52. The number of carbonyl (C=O) groups excluding carboxylic acids is 2. The first kappa shape index (κ1) is 27.4. The minimum Gasteiger partial charge on any atom is -0.362 e. The van der Waals surface area contributed by atoms with Crippen molar-refractivity contribution < 1.29 is 31.0 Å². The zero-order valence-electron chi connectivity index (χ0n) is 18.1. The van der Waals surface area contributed by atoms with Crippen LogP contribution in [0.2, 0.25) is 5.02 Å². The first-order chi connectivity index (χ1) is 15.3. The molecule has 0 aliphatic carbocycles. The highest BCUT2D eigenvalue weighted by Gasteiger charge is 2.34. The van der Waals surface area contributed by atoms with Crippen LogP contribution in [-0.2, 0) is 27.1 Å². The van der Waals surface area contributed by atoms with Crippen molar-refractivity contribution in [3.63, 3.8) is 0 Å². The van der Waals surface area contributed by atoms with Crippen molar-refractivity contribution in [3.05, 3.63) is 62.6 Å². The summed E-state index contributed by atoms with van der Waals surface area (Å²) in [6.07, 6.45) is -0.876. The molecule has 0 saturated heterocycles. The molecule has 3 rings (SSSR count). The smallest absolute Gasteiger partial charge is 0.362 e. The summed E-state index contributed by atoms with van der Waals surface area (Å²) in [6.45, 7) is 4.18. The third-order valence-electron chi connectivity index (χ3n) is 4.88. The van der Waals surface area contributed by atoms with Gasteiger partial charge in [-0.2, -0.15) is 8.42 Å². The number of ketones is 1. The normalized spacial score (nSPS) is 15.2. The van der Waals surface area contributed by atoms with E-state index in [1.807, 2.05) is 24.3 Å². The van der Waals surface area contributed by atoms with Crippen LogP contribution < -0.4 is 4.90 Å². The van der Waals surface area contributed by atoms with Crippen LogP contribution in [0.4, 0.5) is 19.3 Å². The van der Waals surface area contributed by atoms with Crippen molar-refractivity contribution in [3.8, 4) is 0 Å². The lowest BCUT2D eigenvalue weighted by Crippen LogP contribution is -2.41. The number of fused-ring (bicyclic) bond motifs is 1. The lowest BCUT2D eigenvalue weighted by Gasteiger charge is -2.31. The third kappa shape index (κ3) is 8.13. The molecule has 1 aliphatic heterocycles. The molecule has 0 aromatic heterocycles. The van der Waals surface area contributed by atoms with Gasteiger partial charge in [-0.05, 0) is 71.6 Å². The zero-order chi connectivity index (χ0) is 24.9. The Hall–Kier alpha value is -1.88. The van der Waals surface area contributed by atoms with Gasteiger partial charge in [-0.3, -0.25) is 8.98 Å². The molecule has 0 bridgehead atoms. The fourth-order valence-electron chi connectivity index (χ4n) is 3.71. The van der Waals surface area contributed by atoms with Crippen molar-refractivity contribution in [1.82, 2.24) is 0 Å². The number of Topliss-reactive ketones (excluding diaryl/α,β-unsaturated/α-hetero) is 1. The number of benzene rings is 2. The van der Waals surface area contributed by atoms with Crippen molar-refractivity contribution in [1.29, 1.82) is 0 Å². The Bertz CT molecular complexity index is 1120. The molecule has 6 nitrogen and oxygen atoms in total. The molecule has 11 heteroatoms. The summed E-state index contributed by atoms with van der Waals surface area (Å²) < 4.78 is 48.2. The Labute approximate surface area is 205 Å². The fraction of sp³-hybridized carbons (Fsp3) is 0.364. The molecule has 33 heavy (non-hydrogen) atoms. The van der Waals surface area contributed by atoms with Gasteiger partial charge in [-0.1, -0.05) is 23.7 Å². The van der Waals surface area contributed by atoms with Crippen molar-refractivity contribution in [2.24, 2.45) is 0 Å². The van der Waals surface area contributed by atoms with E-state index < -0.39 is 16.4 Å². The highest BCUT2D eigenvalue weighted by molar-refractivity contribution is 9.10. The number of carbonyl (C=O) groups is 2. The van der Waals surface area contributed by atoms with Crippen LogP contribution in [-0.4, -0.2) is 45.4 Å². The van der Waals surface area contributed by atoms with Crippen molar-refractivity contribution in [2.45, 2.75) is 38.8 Å². The quantitative estimate of drug-likeness (QED) is 0.243. The fourth-order valence-corrected chi connectivity index (χ4v) is 4.94. The molecule has 1 atom stereocenters. The maximum atomic E-state index is 12.8. The second-order valence-corrected chi connectivity index (χ2v) is 10.7. The predicted molar refractivity (Wildman–Crippen MR) is 127 cm³/mol.